The van der Waals surface area contributed by atoms with Crippen LogP contribution in [0.25, 0.3) is 0 Å². The average Bonchev–Trinajstić information content (AvgIpc) is 2.90. The van der Waals surface area contributed by atoms with Crippen molar-refractivity contribution in [3.05, 3.63) is 65.5 Å². The highest BCUT2D eigenvalue weighted by Gasteiger charge is 2.43. The molecule has 4 rings (SSSR count). The molecule has 2 fully saturated rings. The smallest absolute Gasteiger partial charge is 0.255 e. The third kappa shape index (κ3) is 3.91. The number of aromatic nitrogens is 1. The van der Waals surface area contributed by atoms with Crippen molar-refractivity contribution in [2.24, 2.45) is 0 Å². The summed E-state index contributed by atoms with van der Waals surface area (Å²) < 4.78 is 0. The Labute approximate surface area is 162 Å². The lowest BCUT2D eigenvalue weighted by Crippen LogP contribution is -2.62. The summed E-state index contributed by atoms with van der Waals surface area (Å²) >= 11 is 0. The number of carbonyl (C=O) groups excluding carboxylic acids is 1. The van der Waals surface area contributed by atoms with Gasteiger partial charge in [0.2, 0.25) is 0 Å². The third-order valence-electron chi connectivity index (χ3n) is 6.20. The van der Waals surface area contributed by atoms with Crippen LogP contribution in [0.15, 0.2) is 48.7 Å². The Balaban J connectivity index is 1.50. The Morgan fingerprint density at radius 2 is 2.04 bits per heavy atom. The van der Waals surface area contributed by atoms with Crippen LogP contribution in [0, 0.1) is 0 Å². The minimum atomic E-state index is 0.0467. The van der Waals surface area contributed by atoms with E-state index < -0.39 is 0 Å². The summed E-state index contributed by atoms with van der Waals surface area (Å²) in [7, 11) is 0. The van der Waals surface area contributed by atoms with Gasteiger partial charge >= 0.3 is 0 Å². The Hall–Kier alpha value is -2.20. The number of benzene rings is 1. The van der Waals surface area contributed by atoms with Crippen LogP contribution in [0.3, 0.4) is 0 Å². The third-order valence-corrected chi connectivity index (χ3v) is 6.20. The predicted molar refractivity (Wildman–Crippen MR) is 108 cm³/mol. The zero-order valence-corrected chi connectivity index (χ0v) is 16.2. The van der Waals surface area contributed by atoms with E-state index in [0.29, 0.717) is 5.56 Å². The van der Waals surface area contributed by atoms with Crippen LogP contribution >= 0.6 is 0 Å². The molecule has 2 atom stereocenters. The first-order valence-electron chi connectivity index (χ1n) is 10.2. The molecule has 0 unspecified atom stereocenters. The molecule has 3 heterocycles. The van der Waals surface area contributed by atoms with Crippen molar-refractivity contribution >= 4 is 5.91 Å². The van der Waals surface area contributed by atoms with E-state index in [1.54, 1.807) is 6.20 Å². The summed E-state index contributed by atoms with van der Waals surface area (Å²) in [6, 6.07) is 14.5. The molecule has 142 valence electrons. The first-order chi connectivity index (χ1) is 13.2. The molecule has 0 saturated carbocycles. The quantitative estimate of drug-likeness (QED) is 0.902. The summed E-state index contributed by atoms with van der Waals surface area (Å²) in [6.45, 7) is 4.21. The number of carbonyl (C=O) groups is 1. The molecular formula is C23H29N3O. The largest absolute Gasteiger partial charge is 0.334 e. The number of piperidine rings is 1. The predicted octanol–water partition coefficient (Wildman–Crippen LogP) is 3.81. The van der Waals surface area contributed by atoms with E-state index in [2.05, 4.69) is 34.3 Å². The van der Waals surface area contributed by atoms with Crippen LogP contribution in [-0.2, 0) is 6.42 Å². The number of rotatable bonds is 3. The molecule has 0 spiro atoms. The fraction of sp³-hybridized carbons (Fsp3) is 0.478. The Morgan fingerprint density at radius 3 is 2.81 bits per heavy atom. The fourth-order valence-electron chi connectivity index (χ4n) is 4.67. The molecule has 4 heteroatoms. The van der Waals surface area contributed by atoms with E-state index in [-0.39, 0.29) is 17.5 Å². The molecule has 0 radical (unpaired) electrons. The van der Waals surface area contributed by atoms with Gasteiger partial charge in [-0.05, 0) is 56.8 Å². The normalized spacial score (nSPS) is 25.5. The van der Waals surface area contributed by atoms with Gasteiger partial charge in [0.15, 0.2) is 0 Å². The second kappa shape index (κ2) is 7.81. The number of nitrogens with one attached hydrogen (secondary N) is 1. The number of likely N-dealkylation sites (tertiary alicyclic amines) is 1. The molecule has 0 bridgehead atoms. The number of nitrogens with zero attached hydrogens (tertiary/aromatic N) is 2. The van der Waals surface area contributed by atoms with Crippen molar-refractivity contribution < 1.29 is 4.79 Å². The second-order valence-corrected chi connectivity index (χ2v) is 8.16. The van der Waals surface area contributed by atoms with Crippen molar-refractivity contribution in [2.45, 2.75) is 57.0 Å². The summed E-state index contributed by atoms with van der Waals surface area (Å²) in [5, 5.41) is 3.72. The van der Waals surface area contributed by atoms with Crippen LogP contribution in [0.4, 0.5) is 0 Å². The maximum Gasteiger partial charge on any atom is 0.255 e. The van der Waals surface area contributed by atoms with Gasteiger partial charge in [-0.3, -0.25) is 9.78 Å². The Kier molecular flexibility index (Phi) is 5.26. The van der Waals surface area contributed by atoms with Gasteiger partial charge in [-0.25, -0.2) is 0 Å². The molecule has 0 aliphatic carbocycles. The summed E-state index contributed by atoms with van der Waals surface area (Å²) in [5.41, 5.74) is 2.99. The van der Waals surface area contributed by atoms with Gasteiger partial charge in [0.1, 0.15) is 0 Å². The highest BCUT2D eigenvalue weighted by molar-refractivity contribution is 5.94. The van der Waals surface area contributed by atoms with Crippen molar-refractivity contribution in [3.8, 4) is 0 Å². The highest BCUT2D eigenvalue weighted by atomic mass is 16.2. The van der Waals surface area contributed by atoms with Crippen molar-refractivity contribution in [2.75, 3.05) is 13.1 Å². The van der Waals surface area contributed by atoms with E-state index in [9.17, 15) is 4.79 Å². The lowest BCUT2D eigenvalue weighted by molar-refractivity contribution is 0.0379. The van der Waals surface area contributed by atoms with E-state index in [0.717, 1.165) is 44.5 Å². The lowest BCUT2D eigenvalue weighted by Gasteiger charge is -2.48. The molecule has 2 aliphatic rings. The van der Waals surface area contributed by atoms with Gasteiger partial charge in [-0.15, -0.1) is 0 Å². The van der Waals surface area contributed by atoms with Crippen molar-refractivity contribution in [1.29, 1.82) is 0 Å². The van der Waals surface area contributed by atoms with Crippen molar-refractivity contribution in [1.82, 2.24) is 15.2 Å². The van der Waals surface area contributed by atoms with Crippen molar-refractivity contribution in [3.63, 3.8) is 0 Å². The number of hydrogen-bond acceptors (Lipinski definition) is 3. The molecule has 2 aromatic rings. The topological polar surface area (TPSA) is 45.2 Å². The number of fused-ring (bicyclic) bond motifs is 1. The SMILES string of the molecule is C[C@]12CCCN(C(=O)c3ccc(Cc4ccccc4)nc3)[C@H]1CCCCN2. The maximum absolute atomic E-state index is 13.2. The zero-order chi connectivity index (χ0) is 18.7. The van der Waals surface area contributed by atoms with Crippen LogP contribution in [0.1, 0.15) is 60.6 Å². The van der Waals surface area contributed by atoms with Gasteiger partial charge in [0.25, 0.3) is 5.91 Å². The Morgan fingerprint density at radius 1 is 1.19 bits per heavy atom. The second-order valence-electron chi connectivity index (χ2n) is 8.16. The van der Waals surface area contributed by atoms with Gasteiger partial charge in [0, 0.05) is 36.4 Å². The molecule has 2 aliphatic heterocycles. The standard InChI is InChI=1S/C23H29N3O/c1-23-13-7-15-26(21(23)10-5-6-14-25-23)22(27)19-11-12-20(24-17-19)16-18-8-3-2-4-9-18/h2-4,8-9,11-12,17,21,25H,5-7,10,13-16H2,1H3/t21-,23-/m0/s1. The number of hydrogen-bond donors (Lipinski definition) is 1. The van der Waals surface area contributed by atoms with E-state index in [4.69, 9.17) is 0 Å². The van der Waals surface area contributed by atoms with Gasteiger partial charge in [-0.1, -0.05) is 36.8 Å². The molecule has 1 N–H and O–H groups in total. The summed E-state index contributed by atoms with van der Waals surface area (Å²) in [5.74, 6) is 0.133. The molecular weight excluding hydrogens is 334 g/mol. The maximum atomic E-state index is 13.2. The number of pyridine rings is 1. The molecule has 27 heavy (non-hydrogen) atoms. The molecule has 1 amide bonds. The minimum Gasteiger partial charge on any atom is -0.334 e. The fourth-order valence-corrected chi connectivity index (χ4v) is 4.67. The summed E-state index contributed by atoms with van der Waals surface area (Å²) in [4.78, 5) is 19.9. The average molecular weight is 364 g/mol. The molecule has 1 aromatic carbocycles. The van der Waals surface area contributed by atoms with E-state index in [1.165, 1.54) is 18.4 Å². The monoisotopic (exact) mass is 363 g/mol. The van der Waals surface area contributed by atoms with E-state index in [1.807, 2.05) is 30.3 Å². The first-order valence-corrected chi connectivity index (χ1v) is 10.2. The number of amides is 1. The Bertz CT molecular complexity index is 774. The van der Waals surface area contributed by atoms with Gasteiger partial charge in [-0.2, -0.15) is 0 Å². The van der Waals surface area contributed by atoms with Gasteiger partial charge in [0.05, 0.1) is 5.56 Å². The summed E-state index contributed by atoms with van der Waals surface area (Å²) in [6.07, 6.45) is 8.24. The minimum absolute atomic E-state index is 0.0467. The van der Waals surface area contributed by atoms with Crippen LogP contribution < -0.4 is 5.32 Å². The van der Waals surface area contributed by atoms with E-state index >= 15 is 0 Å². The van der Waals surface area contributed by atoms with Crippen LogP contribution in [0.2, 0.25) is 0 Å². The first kappa shape index (κ1) is 18.2. The zero-order valence-electron chi connectivity index (χ0n) is 16.2. The van der Waals surface area contributed by atoms with Crippen LogP contribution in [-0.4, -0.2) is 40.5 Å². The van der Waals surface area contributed by atoms with Gasteiger partial charge < -0.3 is 10.2 Å². The molecule has 4 nitrogen and oxygen atoms in total. The highest BCUT2D eigenvalue weighted by Crippen LogP contribution is 2.33. The molecule has 1 aromatic heterocycles. The molecule has 2 saturated heterocycles. The lowest BCUT2D eigenvalue weighted by atomic mass is 9.81. The van der Waals surface area contributed by atoms with Crippen LogP contribution in [0.5, 0.6) is 0 Å².